The molecule has 0 saturated carbocycles. The van der Waals surface area contributed by atoms with E-state index >= 15 is 0 Å². The summed E-state index contributed by atoms with van der Waals surface area (Å²) < 4.78 is 39.8. The lowest BCUT2D eigenvalue weighted by Crippen LogP contribution is -2.43. The smallest absolute Gasteiger partial charge is 0.345 e. The molecule has 1 aromatic rings. The van der Waals surface area contributed by atoms with Crippen LogP contribution >= 0.6 is 0 Å². The minimum atomic E-state index is -1.55. The van der Waals surface area contributed by atoms with Gasteiger partial charge in [0.1, 0.15) is 41.5 Å². The second-order valence-electron chi connectivity index (χ2n) is 9.97. The van der Waals surface area contributed by atoms with E-state index in [1.807, 2.05) is 6.92 Å². The van der Waals surface area contributed by atoms with E-state index < -0.39 is 71.5 Å². The van der Waals surface area contributed by atoms with Crippen LogP contribution < -0.4 is 0 Å². The van der Waals surface area contributed by atoms with Crippen LogP contribution in [0.1, 0.15) is 62.9 Å². The highest BCUT2D eigenvalue weighted by Crippen LogP contribution is 2.60. The monoisotopic (exact) mass is 504 g/mol. The molecule has 0 amide bonds. The lowest BCUT2D eigenvalue weighted by atomic mass is 9.81. The molecule has 11 heteroatoms. The van der Waals surface area contributed by atoms with Crippen LogP contribution in [0.3, 0.4) is 0 Å². The topological polar surface area (TPSA) is 143 Å². The van der Waals surface area contributed by atoms with Crippen molar-refractivity contribution in [2.75, 3.05) is 7.11 Å². The summed E-state index contributed by atoms with van der Waals surface area (Å²) in [4.78, 5) is 50.0. The van der Waals surface area contributed by atoms with Gasteiger partial charge in [0.05, 0.1) is 7.11 Å². The summed E-state index contributed by atoms with van der Waals surface area (Å²) in [6.07, 6.45) is -3.87. The summed E-state index contributed by atoms with van der Waals surface area (Å²) >= 11 is 0. The molecular formula is C25H28O11. The molecule has 3 saturated heterocycles. The first-order chi connectivity index (χ1) is 16.9. The van der Waals surface area contributed by atoms with E-state index in [2.05, 4.69) is 6.58 Å². The molecule has 194 valence electrons. The first-order valence-electron chi connectivity index (χ1n) is 11.7. The molecule has 4 aliphatic heterocycles. The Hall–Kier alpha value is -3.18. The Morgan fingerprint density at radius 3 is 2.44 bits per heavy atom. The summed E-state index contributed by atoms with van der Waals surface area (Å²) in [5.74, 6) is -2.93. The molecule has 0 radical (unpaired) electrons. The highest BCUT2D eigenvalue weighted by Gasteiger charge is 2.79. The number of hydrogen-bond donors (Lipinski definition) is 0. The van der Waals surface area contributed by atoms with E-state index in [0.29, 0.717) is 17.7 Å². The highest BCUT2D eigenvalue weighted by atomic mass is 16.7. The molecule has 0 aliphatic carbocycles. The lowest BCUT2D eigenvalue weighted by Gasteiger charge is -2.30. The number of rotatable bonds is 4. The number of epoxide rings is 2. The van der Waals surface area contributed by atoms with Gasteiger partial charge >= 0.3 is 23.9 Å². The summed E-state index contributed by atoms with van der Waals surface area (Å²) in [7, 11) is 1.19. The van der Waals surface area contributed by atoms with Crippen LogP contribution in [0.4, 0.5) is 0 Å². The molecule has 36 heavy (non-hydrogen) atoms. The van der Waals surface area contributed by atoms with Gasteiger partial charge in [0.2, 0.25) is 5.60 Å². The number of esters is 4. The van der Waals surface area contributed by atoms with E-state index in [0.717, 1.165) is 0 Å². The minimum Gasteiger partial charge on any atom is -0.466 e. The highest BCUT2D eigenvalue weighted by molar-refractivity contribution is 5.89. The average molecular weight is 504 g/mol. The summed E-state index contributed by atoms with van der Waals surface area (Å²) in [6.45, 7) is 9.96. The van der Waals surface area contributed by atoms with E-state index in [1.54, 1.807) is 13.0 Å². The average Bonchev–Trinajstić information content (AvgIpc) is 3.63. The molecule has 8 atom stereocenters. The Morgan fingerprint density at radius 2 is 1.83 bits per heavy atom. The molecule has 1 aromatic heterocycles. The van der Waals surface area contributed by atoms with Gasteiger partial charge in [0.15, 0.2) is 6.10 Å². The zero-order valence-electron chi connectivity index (χ0n) is 20.7. The zero-order chi connectivity index (χ0) is 26.2. The van der Waals surface area contributed by atoms with Crippen molar-refractivity contribution < 1.29 is 52.0 Å². The largest absolute Gasteiger partial charge is 0.466 e. The van der Waals surface area contributed by atoms with Crippen molar-refractivity contribution in [3.8, 4) is 0 Å². The molecule has 11 nitrogen and oxygen atoms in total. The molecular weight excluding hydrogens is 476 g/mol. The molecule has 5 heterocycles. The maximum atomic E-state index is 13.1. The number of ether oxygens (including phenoxy) is 6. The SMILES string of the molecule is C=C(C(=O)OC)[C@H]1C[C@H](OC(C)=O)C23OC2[C@@H](CC2(C)OC2c2cc(C)c(o2)[C@@H]1OC(C)=O)OC3=O. The van der Waals surface area contributed by atoms with Gasteiger partial charge in [-0.3, -0.25) is 9.59 Å². The van der Waals surface area contributed by atoms with Gasteiger partial charge < -0.3 is 32.8 Å². The zero-order valence-corrected chi connectivity index (χ0v) is 20.7. The van der Waals surface area contributed by atoms with Crippen molar-refractivity contribution in [2.45, 2.75) is 82.3 Å². The normalized spacial score (nSPS) is 38.1. The fourth-order valence-corrected chi connectivity index (χ4v) is 5.57. The maximum absolute atomic E-state index is 13.1. The molecule has 4 unspecified atom stereocenters. The number of hydrogen-bond acceptors (Lipinski definition) is 11. The molecule has 4 aliphatic rings. The number of fused-ring (bicyclic) bond motifs is 4. The van der Waals surface area contributed by atoms with Crippen LogP contribution in [0.15, 0.2) is 22.6 Å². The van der Waals surface area contributed by atoms with Gasteiger partial charge in [-0.1, -0.05) is 6.58 Å². The second kappa shape index (κ2) is 8.17. The standard InChI is InChI=1S/C25H28O11/c1-10-7-15-20-24(5,35-20)9-16-21-25(36-21,23(29)34-16)17(31-12(3)26)8-14(11(2)22(28)30-6)19(18(10)33-15)32-13(4)27/h7,14,16-17,19-21H,2,8-9H2,1,3-6H3/t14-,16-,17+,19-,20?,21?,24?,25?/m1/s1. The maximum Gasteiger partial charge on any atom is 0.345 e. The summed E-state index contributed by atoms with van der Waals surface area (Å²) in [5, 5.41) is 0. The molecule has 0 aromatic carbocycles. The first kappa shape index (κ1) is 24.5. The summed E-state index contributed by atoms with van der Waals surface area (Å²) in [6, 6.07) is 1.79. The predicted octanol–water partition coefficient (Wildman–Crippen LogP) is 2.16. The number of carbonyl (C=O) groups is 4. The van der Waals surface area contributed by atoms with Gasteiger partial charge in [-0.2, -0.15) is 0 Å². The molecule has 0 N–H and O–H groups in total. The lowest BCUT2D eigenvalue weighted by molar-refractivity contribution is -0.168. The summed E-state index contributed by atoms with van der Waals surface area (Å²) in [5.41, 5.74) is -1.64. The third kappa shape index (κ3) is 3.72. The van der Waals surface area contributed by atoms with Gasteiger partial charge in [0.25, 0.3) is 0 Å². The quantitative estimate of drug-likeness (QED) is 0.257. The molecule has 3 fully saturated rings. The number of carbonyl (C=O) groups excluding carboxylic acids is 4. The van der Waals surface area contributed by atoms with Crippen LogP contribution in [0.25, 0.3) is 0 Å². The fraction of sp³-hybridized carbons (Fsp3) is 0.600. The Balaban J connectivity index is 1.66. The van der Waals surface area contributed by atoms with E-state index in [4.69, 9.17) is 32.8 Å². The van der Waals surface area contributed by atoms with Gasteiger partial charge in [-0.25, -0.2) is 9.59 Å². The van der Waals surface area contributed by atoms with Crippen molar-refractivity contribution >= 4 is 23.9 Å². The Morgan fingerprint density at radius 1 is 1.14 bits per heavy atom. The Labute approximate surface area is 207 Å². The van der Waals surface area contributed by atoms with Crippen molar-refractivity contribution in [3.05, 3.63) is 35.3 Å². The van der Waals surface area contributed by atoms with E-state index in [-0.39, 0.29) is 17.8 Å². The van der Waals surface area contributed by atoms with Crippen LogP contribution in [0.2, 0.25) is 0 Å². The van der Waals surface area contributed by atoms with Crippen molar-refractivity contribution in [1.29, 1.82) is 0 Å². The van der Waals surface area contributed by atoms with E-state index in [1.165, 1.54) is 21.0 Å². The van der Waals surface area contributed by atoms with Crippen molar-refractivity contribution in [1.82, 2.24) is 0 Å². The fourth-order valence-electron chi connectivity index (χ4n) is 5.57. The van der Waals surface area contributed by atoms with Crippen LogP contribution in [0.5, 0.6) is 0 Å². The third-order valence-electron chi connectivity index (χ3n) is 7.39. The van der Waals surface area contributed by atoms with Crippen molar-refractivity contribution in [3.63, 3.8) is 0 Å². The Bertz CT molecular complexity index is 1170. The third-order valence-corrected chi connectivity index (χ3v) is 7.39. The van der Waals surface area contributed by atoms with Crippen LogP contribution in [0, 0.1) is 12.8 Å². The van der Waals surface area contributed by atoms with E-state index in [9.17, 15) is 19.2 Å². The van der Waals surface area contributed by atoms with Gasteiger partial charge in [0, 0.05) is 31.8 Å². The van der Waals surface area contributed by atoms with Crippen LogP contribution in [-0.4, -0.2) is 60.5 Å². The van der Waals surface area contributed by atoms with Crippen LogP contribution in [-0.2, 0) is 47.6 Å². The number of methoxy groups -OCH3 is 1. The second-order valence-corrected chi connectivity index (χ2v) is 9.97. The number of aryl methyl sites for hydroxylation is 1. The molecule has 0 spiro atoms. The van der Waals surface area contributed by atoms with Crippen molar-refractivity contribution in [2.24, 2.45) is 5.92 Å². The van der Waals surface area contributed by atoms with Gasteiger partial charge in [-0.15, -0.1) is 0 Å². The number of furan rings is 1. The molecule has 4 bridgehead atoms. The molecule has 5 rings (SSSR count). The van der Waals surface area contributed by atoms with Gasteiger partial charge in [-0.05, 0) is 31.9 Å². The minimum absolute atomic E-state index is 0.0582. The predicted molar refractivity (Wildman–Crippen MR) is 117 cm³/mol. The first-order valence-corrected chi connectivity index (χ1v) is 11.7. The Kier molecular flexibility index (Phi) is 5.56.